The van der Waals surface area contributed by atoms with Crippen LogP contribution < -0.4 is 5.11 Å². The molecule has 0 aromatic rings. The average molecular weight is 343 g/mol. The minimum Gasteiger partial charge on any atom is -0.544 e. The minimum atomic E-state index is -1.28. The summed E-state index contributed by atoms with van der Waals surface area (Å²) in [6.45, 7) is 5.31. The van der Waals surface area contributed by atoms with Gasteiger partial charge in [0.05, 0.1) is 18.8 Å². The lowest BCUT2D eigenvalue weighted by atomic mass is 10.0. The number of aliphatic carboxylic acids is 2. The van der Waals surface area contributed by atoms with Crippen molar-refractivity contribution in [2.75, 3.05) is 13.2 Å². The Labute approximate surface area is 145 Å². The molecule has 0 aromatic heterocycles. The number of nitrogens with zero attached hydrogens (tertiary/aromatic N) is 1. The third-order valence-electron chi connectivity index (χ3n) is 4.59. The normalized spacial score (nSPS) is 16.7. The van der Waals surface area contributed by atoms with Crippen LogP contribution in [0.15, 0.2) is 12.3 Å². The Morgan fingerprint density at radius 2 is 1.71 bits per heavy atom. The number of carbonyl (C=O) groups excluding carboxylic acids is 1. The lowest BCUT2D eigenvalue weighted by Crippen LogP contribution is -2.66. The van der Waals surface area contributed by atoms with Crippen molar-refractivity contribution in [1.29, 1.82) is 0 Å². The van der Waals surface area contributed by atoms with Crippen LogP contribution >= 0.6 is 0 Å². The summed E-state index contributed by atoms with van der Waals surface area (Å²) in [6.07, 6.45) is 9.18. The Hall–Kier alpha value is -1.40. The maximum Gasteiger partial charge on any atom is 0.362 e. The van der Waals surface area contributed by atoms with Crippen LogP contribution in [0.1, 0.15) is 65.7 Å². The Bertz CT molecular complexity index is 386. The fourth-order valence-corrected chi connectivity index (χ4v) is 3.37. The molecule has 0 rings (SSSR count). The van der Waals surface area contributed by atoms with E-state index in [1.807, 2.05) is 6.08 Å². The molecule has 0 aromatic carbocycles. The van der Waals surface area contributed by atoms with E-state index in [0.717, 1.165) is 32.1 Å². The summed E-state index contributed by atoms with van der Waals surface area (Å²) in [5.41, 5.74) is 0. The van der Waals surface area contributed by atoms with Crippen LogP contribution in [0.25, 0.3) is 0 Å². The quantitative estimate of drug-likeness (QED) is 0.369. The summed E-state index contributed by atoms with van der Waals surface area (Å²) >= 11 is 0. The van der Waals surface area contributed by atoms with Crippen molar-refractivity contribution in [2.24, 2.45) is 0 Å². The van der Waals surface area contributed by atoms with E-state index in [0.29, 0.717) is 0 Å². The molecule has 0 radical (unpaired) electrons. The Balaban J connectivity index is 5.60. The largest absolute Gasteiger partial charge is 0.544 e. The summed E-state index contributed by atoms with van der Waals surface area (Å²) in [5.74, 6) is -2.33. The van der Waals surface area contributed by atoms with Gasteiger partial charge in [0, 0.05) is 12.8 Å². The number of carboxylic acids is 2. The fraction of sp³-hybridized carbons (Fsp3) is 0.778. The SMILES string of the molecule is CCCCCC/C=C/[N+](CCO)(C(CC)C(=O)[O-])C(CC)C(=O)O. The van der Waals surface area contributed by atoms with E-state index in [-0.39, 0.29) is 30.5 Å². The number of hydrogen-bond acceptors (Lipinski definition) is 4. The van der Waals surface area contributed by atoms with Crippen molar-refractivity contribution in [2.45, 2.75) is 77.8 Å². The zero-order valence-corrected chi connectivity index (χ0v) is 15.2. The third kappa shape index (κ3) is 6.24. The number of rotatable bonds is 14. The number of unbranched alkanes of at least 4 members (excludes halogenated alkanes) is 4. The molecular formula is C18H33NO5. The molecular weight excluding hydrogens is 310 g/mol. The molecule has 0 amide bonds. The second kappa shape index (κ2) is 12.0. The van der Waals surface area contributed by atoms with Gasteiger partial charge in [0.2, 0.25) is 0 Å². The second-order valence-electron chi connectivity index (χ2n) is 6.18. The molecule has 6 nitrogen and oxygen atoms in total. The summed E-state index contributed by atoms with van der Waals surface area (Å²) in [4.78, 5) is 23.4. The molecule has 0 bridgehead atoms. The molecule has 140 valence electrons. The monoisotopic (exact) mass is 343 g/mol. The Morgan fingerprint density at radius 3 is 2.12 bits per heavy atom. The predicted molar refractivity (Wildman–Crippen MR) is 90.9 cm³/mol. The molecule has 0 heterocycles. The van der Waals surface area contributed by atoms with E-state index in [4.69, 9.17) is 0 Å². The standard InChI is InChI=1S/C18H33NO5/c1-4-7-8-9-10-11-12-19(13-14-20,15(5-2)17(21)22)16(6-3)18(23)24/h11-12,15-16,20H,4-10,13-14H2,1-3H3,(H-,21,22,23,24)/b12-11+. The molecule has 0 spiro atoms. The highest BCUT2D eigenvalue weighted by atomic mass is 16.4. The van der Waals surface area contributed by atoms with Crippen LogP contribution in [0, 0.1) is 0 Å². The van der Waals surface area contributed by atoms with Crippen molar-refractivity contribution in [3.05, 3.63) is 12.3 Å². The first-order chi connectivity index (χ1) is 11.4. The van der Waals surface area contributed by atoms with E-state index in [1.54, 1.807) is 20.0 Å². The highest BCUT2D eigenvalue weighted by Crippen LogP contribution is 2.26. The number of allylic oxidation sites excluding steroid dienone is 1. The molecule has 24 heavy (non-hydrogen) atoms. The van der Waals surface area contributed by atoms with Crippen molar-refractivity contribution >= 4 is 11.9 Å². The van der Waals surface area contributed by atoms with Gasteiger partial charge in [-0.2, -0.15) is 0 Å². The van der Waals surface area contributed by atoms with Crippen molar-refractivity contribution in [3.8, 4) is 0 Å². The first-order valence-electron chi connectivity index (χ1n) is 9.00. The topological polar surface area (TPSA) is 97.7 Å². The molecule has 0 aliphatic carbocycles. The summed E-state index contributed by atoms with van der Waals surface area (Å²) in [5, 5.41) is 30.7. The molecule has 0 aliphatic rings. The van der Waals surface area contributed by atoms with E-state index >= 15 is 0 Å². The van der Waals surface area contributed by atoms with Gasteiger partial charge in [0.1, 0.15) is 12.6 Å². The van der Waals surface area contributed by atoms with Crippen LogP contribution in [-0.2, 0) is 9.59 Å². The zero-order chi connectivity index (χ0) is 18.6. The van der Waals surface area contributed by atoms with Gasteiger partial charge in [0.25, 0.3) is 0 Å². The van der Waals surface area contributed by atoms with Gasteiger partial charge < -0.3 is 20.1 Å². The number of carboxylic acid groups (broad SMARTS) is 2. The molecule has 0 saturated carbocycles. The Kier molecular flexibility index (Phi) is 11.3. The summed E-state index contributed by atoms with van der Waals surface area (Å²) in [7, 11) is 0. The second-order valence-corrected chi connectivity index (χ2v) is 6.18. The lowest BCUT2D eigenvalue weighted by molar-refractivity contribution is -0.914. The van der Waals surface area contributed by atoms with Crippen molar-refractivity contribution in [1.82, 2.24) is 0 Å². The molecule has 0 saturated heterocycles. The van der Waals surface area contributed by atoms with Gasteiger partial charge in [-0.15, -0.1) is 0 Å². The van der Waals surface area contributed by atoms with Crippen LogP contribution in [0.2, 0.25) is 0 Å². The number of aliphatic hydroxyl groups excluding tert-OH is 1. The van der Waals surface area contributed by atoms with Crippen LogP contribution in [0.4, 0.5) is 0 Å². The minimum absolute atomic E-state index is 0.0444. The van der Waals surface area contributed by atoms with Crippen LogP contribution in [0.5, 0.6) is 0 Å². The van der Waals surface area contributed by atoms with Gasteiger partial charge >= 0.3 is 5.97 Å². The summed E-state index contributed by atoms with van der Waals surface area (Å²) < 4.78 is -0.297. The third-order valence-corrected chi connectivity index (χ3v) is 4.59. The van der Waals surface area contributed by atoms with Gasteiger partial charge in [-0.05, 0) is 18.9 Å². The molecule has 3 atom stereocenters. The predicted octanol–water partition coefficient (Wildman–Crippen LogP) is 1.67. The fourth-order valence-electron chi connectivity index (χ4n) is 3.37. The van der Waals surface area contributed by atoms with Crippen molar-refractivity contribution in [3.63, 3.8) is 0 Å². The maximum atomic E-state index is 11.7. The number of carbonyl (C=O) groups is 2. The molecule has 0 fully saturated rings. The number of aliphatic hydroxyl groups is 1. The molecule has 2 N–H and O–H groups in total. The zero-order valence-electron chi connectivity index (χ0n) is 15.2. The first-order valence-corrected chi connectivity index (χ1v) is 9.00. The van der Waals surface area contributed by atoms with Gasteiger partial charge in [-0.1, -0.05) is 40.0 Å². The molecule has 6 heteroatoms. The average Bonchev–Trinajstić information content (AvgIpc) is 2.51. The van der Waals surface area contributed by atoms with Gasteiger partial charge in [-0.25, -0.2) is 4.79 Å². The van der Waals surface area contributed by atoms with Crippen LogP contribution in [0.3, 0.4) is 0 Å². The van der Waals surface area contributed by atoms with E-state index in [2.05, 4.69) is 6.92 Å². The van der Waals surface area contributed by atoms with E-state index < -0.39 is 24.0 Å². The van der Waals surface area contributed by atoms with Gasteiger partial charge in [0.15, 0.2) is 6.04 Å². The lowest BCUT2D eigenvalue weighted by Gasteiger charge is -2.45. The molecule has 0 aliphatic heterocycles. The van der Waals surface area contributed by atoms with E-state index in [1.165, 1.54) is 0 Å². The van der Waals surface area contributed by atoms with Crippen molar-refractivity contribution < 1.29 is 29.4 Å². The Morgan fingerprint density at radius 1 is 1.08 bits per heavy atom. The summed E-state index contributed by atoms with van der Waals surface area (Å²) in [6, 6.07) is -1.92. The van der Waals surface area contributed by atoms with Crippen LogP contribution in [-0.4, -0.2) is 51.9 Å². The van der Waals surface area contributed by atoms with Gasteiger partial charge in [-0.3, -0.25) is 4.48 Å². The van der Waals surface area contributed by atoms with E-state index in [9.17, 15) is 24.9 Å². The number of hydrogen-bond donors (Lipinski definition) is 2. The smallest absolute Gasteiger partial charge is 0.362 e. The molecule has 3 unspecified atom stereocenters. The number of quaternary nitrogens is 1. The maximum absolute atomic E-state index is 11.7. The highest BCUT2D eigenvalue weighted by molar-refractivity contribution is 5.74. The first kappa shape index (κ1) is 22.6. The highest BCUT2D eigenvalue weighted by Gasteiger charge is 2.45.